The number of rotatable bonds is 5. The van der Waals surface area contributed by atoms with Gasteiger partial charge in [-0.1, -0.05) is 13.8 Å². The topological polar surface area (TPSA) is 66.4 Å². The highest BCUT2D eigenvalue weighted by atomic mass is 79.9. The van der Waals surface area contributed by atoms with Crippen LogP contribution in [0.5, 0.6) is 0 Å². The summed E-state index contributed by atoms with van der Waals surface area (Å²) >= 11 is 2.98. The van der Waals surface area contributed by atoms with Gasteiger partial charge in [-0.05, 0) is 46.5 Å². The highest BCUT2D eigenvalue weighted by Gasteiger charge is 2.22. The molecule has 4 nitrogen and oxygen atoms in total. The number of carboxylic acid groups (broad SMARTS) is 1. The lowest BCUT2D eigenvalue weighted by Crippen LogP contribution is -2.41. The summed E-state index contributed by atoms with van der Waals surface area (Å²) < 4.78 is 13.6. The lowest BCUT2D eigenvalue weighted by Gasteiger charge is -2.16. The number of hydrogen-bond donors (Lipinski definition) is 2. The van der Waals surface area contributed by atoms with Gasteiger partial charge in [-0.3, -0.25) is 4.79 Å². The van der Waals surface area contributed by atoms with Crippen molar-refractivity contribution in [3.63, 3.8) is 0 Å². The Hall–Kier alpha value is -1.43. The number of carboxylic acids is 1. The van der Waals surface area contributed by atoms with Crippen molar-refractivity contribution < 1.29 is 19.1 Å². The van der Waals surface area contributed by atoms with E-state index in [9.17, 15) is 14.0 Å². The molecule has 19 heavy (non-hydrogen) atoms. The SMILES string of the molecule is CC(C)C[C@@H](NC(=O)c1ccc(Br)c(F)c1)C(=O)O. The third-order valence-electron chi connectivity index (χ3n) is 2.49. The molecule has 104 valence electrons. The maximum Gasteiger partial charge on any atom is 0.326 e. The summed E-state index contributed by atoms with van der Waals surface area (Å²) in [5.74, 6) is -2.13. The number of carbonyl (C=O) groups is 2. The first-order chi connectivity index (χ1) is 8.81. The number of amides is 1. The molecule has 0 radical (unpaired) electrons. The molecular formula is C13H15BrFNO3. The first-order valence-electron chi connectivity index (χ1n) is 5.80. The first-order valence-corrected chi connectivity index (χ1v) is 6.59. The molecule has 0 bridgehead atoms. The molecule has 0 saturated heterocycles. The minimum atomic E-state index is -1.10. The van der Waals surface area contributed by atoms with Gasteiger partial charge in [-0.15, -0.1) is 0 Å². The third-order valence-corrected chi connectivity index (χ3v) is 3.14. The van der Waals surface area contributed by atoms with E-state index in [0.717, 1.165) is 6.07 Å². The van der Waals surface area contributed by atoms with Crippen LogP contribution in [0.4, 0.5) is 4.39 Å². The Morgan fingerprint density at radius 1 is 1.42 bits per heavy atom. The Morgan fingerprint density at radius 3 is 2.53 bits per heavy atom. The molecule has 1 atom stereocenters. The Balaban J connectivity index is 2.81. The van der Waals surface area contributed by atoms with E-state index in [4.69, 9.17) is 5.11 Å². The molecular weight excluding hydrogens is 317 g/mol. The highest BCUT2D eigenvalue weighted by molar-refractivity contribution is 9.10. The summed E-state index contributed by atoms with van der Waals surface area (Å²) in [4.78, 5) is 22.9. The molecule has 0 aliphatic heterocycles. The Labute approximate surface area is 119 Å². The number of carbonyl (C=O) groups excluding carboxylic acids is 1. The number of halogens is 2. The molecule has 6 heteroatoms. The van der Waals surface area contributed by atoms with Crippen molar-refractivity contribution in [2.75, 3.05) is 0 Å². The van der Waals surface area contributed by atoms with E-state index in [-0.39, 0.29) is 16.0 Å². The second kappa shape index (κ2) is 6.65. The van der Waals surface area contributed by atoms with Crippen LogP contribution in [-0.2, 0) is 4.79 Å². The fourth-order valence-electron chi connectivity index (χ4n) is 1.57. The van der Waals surface area contributed by atoms with Crippen LogP contribution >= 0.6 is 15.9 Å². The quantitative estimate of drug-likeness (QED) is 0.871. The maximum absolute atomic E-state index is 13.3. The standard InChI is InChI=1S/C13H15BrFNO3/c1-7(2)5-11(13(18)19)16-12(17)8-3-4-9(14)10(15)6-8/h3-4,6-7,11H,5H2,1-2H3,(H,16,17)(H,18,19)/t11-/m1/s1. The zero-order valence-corrected chi connectivity index (χ0v) is 12.2. The average molecular weight is 332 g/mol. The number of aliphatic carboxylic acids is 1. The molecule has 0 aliphatic rings. The Bertz CT molecular complexity index is 491. The fraction of sp³-hybridized carbons (Fsp3) is 0.385. The van der Waals surface area contributed by atoms with E-state index in [0.29, 0.717) is 6.42 Å². The third kappa shape index (κ3) is 4.63. The van der Waals surface area contributed by atoms with Crippen molar-refractivity contribution >= 4 is 27.8 Å². The molecule has 0 unspecified atom stereocenters. The van der Waals surface area contributed by atoms with Gasteiger partial charge in [-0.25, -0.2) is 9.18 Å². The molecule has 0 saturated carbocycles. The van der Waals surface area contributed by atoms with Crippen molar-refractivity contribution in [1.29, 1.82) is 0 Å². The largest absolute Gasteiger partial charge is 0.480 e. The van der Waals surface area contributed by atoms with Crippen molar-refractivity contribution in [2.24, 2.45) is 5.92 Å². The van der Waals surface area contributed by atoms with Crippen LogP contribution in [0, 0.1) is 11.7 Å². The summed E-state index contributed by atoms with van der Waals surface area (Å²) in [6.45, 7) is 3.72. The molecule has 0 aliphatic carbocycles. The van der Waals surface area contributed by atoms with Crippen LogP contribution in [0.1, 0.15) is 30.6 Å². The lowest BCUT2D eigenvalue weighted by atomic mass is 10.0. The molecule has 0 fully saturated rings. The van der Waals surface area contributed by atoms with E-state index >= 15 is 0 Å². The van der Waals surface area contributed by atoms with E-state index < -0.39 is 23.7 Å². The van der Waals surface area contributed by atoms with Crippen LogP contribution in [0.3, 0.4) is 0 Å². The van der Waals surface area contributed by atoms with Gasteiger partial charge in [0, 0.05) is 5.56 Å². The molecule has 1 aromatic carbocycles. The molecule has 0 aromatic heterocycles. The van der Waals surface area contributed by atoms with Gasteiger partial charge in [0.2, 0.25) is 0 Å². The molecule has 1 aromatic rings. The monoisotopic (exact) mass is 331 g/mol. The summed E-state index contributed by atoms with van der Waals surface area (Å²) in [7, 11) is 0. The number of benzene rings is 1. The van der Waals surface area contributed by atoms with Gasteiger partial charge < -0.3 is 10.4 Å². The summed E-state index contributed by atoms with van der Waals surface area (Å²) in [5.41, 5.74) is 0.0932. The predicted octanol–water partition coefficient (Wildman–Crippen LogP) is 2.82. The van der Waals surface area contributed by atoms with Gasteiger partial charge in [-0.2, -0.15) is 0 Å². The zero-order valence-electron chi connectivity index (χ0n) is 10.6. The normalized spacial score (nSPS) is 12.3. The molecule has 0 spiro atoms. The summed E-state index contributed by atoms with van der Waals surface area (Å²) in [6.07, 6.45) is 0.320. The first kappa shape index (κ1) is 15.6. The summed E-state index contributed by atoms with van der Waals surface area (Å²) in [5, 5.41) is 11.4. The Morgan fingerprint density at radius 2 is 2.05 bits per heavy atom. The van der Waals surface area contributed by atoms with Gasteiger partial charge in [0.05, 0.1) is 4.47 Å². The predicted molar refractivity (Wildman–Crippen MR) is 72.4 cm³/mol. The van der Waals surface area contributed by atoms with Crippen LogP contribution in [0.25, 0.3) is 0 Å². The van der Waals surface area contributed by atoms with Gasteiger partial charge in [0.25, 0.3) is 5.91 Å². The number of hydrogen-bond acceptors (Lipinski definition) is 2. The van der Waals surface area contributed by atoms with Crippen LogP contribution in [0.15, 0.2) is 22.7 Å². The van der Waals surface area contributed by atoms with E-state index in [1.807, 2.05) is 13.8 Å². The van der Waals surface area contributed by atoms with Crippen LogP contribution in [-0.4, -0.2) is 23.0 Å². The smallest absolute Gasteiger partial charge is 0.326 e. The van der Waals surface area contributed by atoms with E-state index in [2.05, 4.69) is 21.2 Å². The maximum atomic E-state index is 13.3. The van der Waals surface area contributed by atoms with E-state index in [1.54, 1.807) is 0 Å². The van der Waals surface area contributed by atoms with Gasteiger partial charge in [0.1, 0.15) is 11.9 Å². The van der Waals surface area contributed by atoms with E-state index in [1.165, 1.54) is 12.1 Å². The molecule has 0 heterocycles. The minimum Gasteiger partial charge on any atom is -0.480 e. The highest BCUT2D eigenvalue weighted by Crippen LogP contribution is 2.16. The fourth-order valence-corrected chi connectivity index (χ4v) is 1.82. The molecule has 2 N–H and O–H groups in total. The van der Waals surface area contributed by atoms with Crippen molar-refractivity contribution in [1.82, 2.24) is 5.32 Å². The van der Waals surface area contributed by atoms with Gasteiger partial charge >= 0.3 is 5.97 Å². The Kier molecular flexibility index (Phi) is 5.47. The number of nitrogens with one attached hydrogen (secondary N) is 1. The minimum absolute atomic E-state index is 0.0932. The second-order valence-electron chi connectivity index (χ2n) is 4.62. The van der Waals surface area contributed by atoms with Crippen molar-refractivity contribution in [2.45, 2.75) is 26.3 Å². The van der Waals surface area contributed by atoms with Crippen LogP contribution < -0.4 is 5.32 Å². The average Bonchev–Trinajstić information content (AvgIpc) is 2.31. The lowest BCUT2D eigenvalue weighted by molar-refractivity contribution is -0.139. The molecule has 1 amide bonds. The zero-order chi connectivity index (χ0) is 14.6. The van der Waals surface area contributed by atoms with Crippen molar-refractivity contribution in [3.8, 4) is 0 Å². The van der Waals surface area contributed by atoms with Gasteiger partial charge in [0.15, 0.2) is 0 Å². The van der Waals surface area contributed by atoms with Crippen molar-refractivity contribution in [3.05, 3.63) is 34.1 Å². The molecule has 1 rings (SSSR count). The van der Waals surface area contributed by atoms with Crippen LogP contribution in [0.2, 0.25) is 0 Å². The second-order valence-corrected chi connectivity index (χ2v) is 5.48. The summed E-state index contributed by atoms with van der Waals surface area (Å²) in [6, 6.07) is 2.92.